The largest absolute Gasteiger partial charge is 0.497 e. The van der Waals surface area contributed by atoms with Crippen molar-refractivity contribution < 1.29 is 14.3 Å². The molecule has 28 heavy (non-hydrogen) atoms. The van der Waals surface area contributed by atoms with Crippen LogP contribution in [0.1, 0.15) is 12.0 Å². The van der Waals surface area contributed by atoms with E-state index in [1.807, 2.05) is 0 Å². The van der Waals surface area contributed by atoms with Crippen molar-refractivity contribution in [1.82, 2.24) is 0 Å². The van der Waals surface area contributed by atoms with E-state index >= 15 is 0 Å². The summed E-state index contributed by atoms with van der Waals surface area (Å²) in [5.74, 6) is 0.0221. The van der Waals surface area contributed by atoms with Gasteiger partial charge in [0.15, 0.2) is 5.17 Å². The molecule has 1 fully saturated rings. The molecule has 9 heteroatoms. The van der Waals surface area contributed by atoms with Gasteiger partial charge in [0.1, 0.15) is 11.0 Å². The van der Waals surface area contributed by atoms with Gasteiger partial charge in [0.25, 0.3) is 0 Å². The van der Waals surface area contributed by atoms with Gasteiger partial charge in [0.05, 0.1) is 19.0 Å². The van der Waals surface area contributed by atoms with Gasteiger partial charge in [-0.2, -0.15) is 5.10 Å². The number of imide groups is 1. The third-order valence-corrected chi connectivity index (χ3v) is 5.16. The fourth-order valence-electron chi connectivity index (χ4n) is 2.57. The first-order chi connectivity index (χ1) is 13.5. The number of nitrogens with zero attached hydrogens (tertiary/aromatic N) is 3. The van der Waals surface area contributed by atoms with Gasteiger partial charge in [0, 0.05) is 11.4 Å². The van der Waals surface area contributed by atoms with Gasteiger partial charge >= 0.3 is 0 Å². The van der Waals surface area contributed by atoms with Gasteiger partial charge in [-0.1, -0.05) is 35.5 Å². The maximum Gasteiger partial charge on any atom is 0.247 e. The minimum Gasteiger partial charge on any atom is -0.497 e. The highest BCUT2D eigenvalue weighted by Crippen LogP contribution is 2.30. The van der Waals surface area contributed by atoms with Crippen LogP contribution in [-0.4, -0.2) is 35.6 Å². The van der Waals surface area contributed by atoms with E-state index in [2.05, 4.69) is 10.2 Å². The molecule has 0 spiro atoms. The average Bonchev–Trinajstić information content (AvgIpc) is 2.96. The lowest BCUT2D eigenvalue weighted by Gasteiger charge is -2.15. The molecule has 7 nitrogen and oxygen atoms in total. The predicted octanol–water partition coefficient (Wildman–Crippen LogP) is 3.06. The first kappa shape index (κ1) is 19.9. The van der Waals surface area contributed by atoms with E-state index in [-0.39, 0.29) is 23.4 Å². The molecule has 144 valence electrons. The van der Waals surface area contributed by atoms with Crippen LogP contribution >= 0.6 is 23.4 Å². The van der Waals surface area contributed by atoms with Crippen molar-refractivity contribution in [2.24, 2.45) is 15.9 Å². The molecular weight excluding hydrogens is 400 g/mol. The molecule has 0 bridgehead atoms. The van der Waals surface area contributed by atoms with Crippen LogP contribution in [-0.2, 0) is 9.59 Å². The fraction of sp³-hybridized carbons (Fsp3) is 0.158. The number of carbonyl (C=O) groups is 2. The Morgan fingerprint density at radius 1 is 1.21 bits per heavy atom. The lowest BCUT2D eigenvalue weighted by atomic mass is 10.2. The highest BCUT2D eigenvalue weighted by Gasteiger charge is 2.40. The number of thioether (sulfide) groups is 1. The van der Waals surface area contributed by atoms with Crippen molar-refractivity contribution in [3.8, 4) is 5.75 Å². The maximum absolute atomic E-state index is 12.6. The second-order valence-electron chi connectivity index (χ2n) is 5.81. The fourth-order valence-corrected chi connectivity index (χ4v) is 3.51. The van der Waals surface area contributed by atoms with E-state index in [1.54, 1.807) is 55.6 Å². The predicted molar refractivity (Wildman–Crippen MR) is 112 cm³/mol. The Labute approximate surface area is 171 Å². The van der Waals surface area contributed by atoms with E-state index in [0.717, 1.165) is 22.2 Å². The van der Waals surface area contributed by atoms with Crippen molar-refractivity contribution in [1.29, 1.82) is 0 Å². The zero-order valence-corrected chi connectivity index (χ0v) is 16.5. The maximum atomic E-state index is 12.6. The first-order valence-corrected chi connectivity index (χ1v) is 9.53. The number of amides is 2. The van der Waals surface area contributed by atoms with Crippen LogP contribution in [0.15, 0.2) is 58.7 Å². The molecule has 0 aromatic heterocycles. The minimum absolute atomic E-state index is 0.0483. The van der Waals surface area contributed by atoms with Crippen molar-refractivity contribution in [2.75, 3.05) is 12.0 Å². The Morgan fingerprint density at radius 3 is 2.54 bits per heavy atom. The van der Waals surface area contributed by atoms with E-state index < -0.39 is 5.25 Å². The summed E-state index contributed by atoms with van der Waals surface area (Å²) in [5, 5.41) is 7.88. The lowest BCUT2D eigenvalue weighted by molar-refractivity contribution is -0.121. The topological polar surface area (TPSA) is 97.3 Å². The Balaban J connectivity index is 1.64. The summed E-state index contributed by atoms with van der Waals surface area (Å²) in [5.41, 5.74) is 7.16. The van der Waals surface area contributed by atoms with Crippen LogP contribution in [0.5, 0.6) is 5.75 Å². The monoisotopic (exact) mass is 416 g/mol. The molecule has 0 aliphatic carbocycles. The zero-order chi connectivity index (χ0) is 20.1. The van der Waals surface area contributed by atoms with Gasteiger partial charge in [-0.05, 0) is 42.0 Å². The number of carbonyl (C=O) groups excluding carboxylic acids is 2. The molecule has 0 unspecified atom stereocenters. The number of benzene rings is 2. The minimum atomic E-state index is -0.635. The van der Waals surface area contributed by atoms with Crippen LogP contribution in [0.25, 0.3) is 0 Å². The Morgan fingerprint density at radius 2 is 1.89 bits per heavy atom. The Kier molecular flexibility index (Phi) is 6.33. The summed E-state index contributed by atoms with van der Waals surface area (Å²) in [6.07, 6.45) is 1.57. The molecular formula is C19H17ClN4O3S. The lowest BCUT2D eigenvalue weighted by Crippen LogP contribution is -2.31. The third kappa shape index (κ3) is 4.71. The zero-order valence-electron chi connectivity index (χ0n) is 14.9. The number of halogens is 1. The number of rotatable bonds is 5. The van der Waals surface area contributed by atoms with Gasteiger partial charge in [-0.15, -0.1) is 5.10 Å². The van der Waals surface area contributed by atoms with Crippen LogP contribution in [0.3, 0.4) is 0 Å². The van der Waals surface area contributed by atoms with E-state index in [9.17, 15) is 9.59 Å². The molecule has 3 rings (SSSR count). The van der Waals surface area contributed by atoms with Crippen LogP contribution in [0.4, 0.5) is 5.69 Å². The summed E-state index contributed by atoms with van der Waals surface area (Å²) < 4.78 is 5.09. The number of amidine groups is 1. The quantitative estimate of drug-likeness (QED) is 0.349. The molecule has 0 saturated carbocycles. The molecule has 0 radical (unpaired) electrons. The third-order valence-electron chi connectivity index (χ3n) is 3.93. The Bertz CT molecular complexity index is 929. The van der Waals surface area contributed by atoms with Crippen molar-refractivity contribution in [3.05, 3.63) is 59.1 Å². The van der Waals surface area contributed by atoms with Crippen molar-refractivity contribution in [2.45, 2.75) is 11.7 Å². The van der Waals surface area contributed by atoms with Gasteiger partial charge in [-0.3, -0.25) is 9.59 Å². The molecule has 2 N–H and O–H groups in total. The first-order valence-electron chi connectivity index (χ1n) is 8.27. The second-order valence-corrected chi connectivity index (χ2v) is 7.47. The normalized spacial score (nSPS) is 17.6. The summed E-state index contributed by atoms with van der Waals surface area (Å²) in [6.45, 7) is 0. The summed E-state index contributed by atoms with van der Waals surface area (Å²) in [4.78, 5) is 26.1. The van der Waals surface area contributed by atoms with Gasteiger partial charge < -0.3 is 10.5 Å². The number of methoxy groups -OCH3 is 1. The standard InChI is InChI=1S/C19H17ClN4O3S/c1-27-15-8-6-14(7-9-15)24-17(25)10-16(18(24)26)28-19(21)23-22-11-12-2-4-13(20)5-3-12/h2-9,11,16H,10H2,1H3,(H2,21,23)/b22-11-/t16-/m0/s1. The smallest absolute Gasteiger partial charge is 0.247 e. The molecule has 2 aromatic rings. The molecule has 2 amide bonds. The highest BCUT2D eigenvalue weighted by molar-refractivity contribution is 8.14. The SMILES string of the molecule is COc1ccc(N2C(=O)C[C@H](SC(N)=N/N=C\c3ccc(Cl)cc3)C2=O)cc1. The van der Waals surface area contributed by atoms with E-state index in [1.165, 1.54) is 6.21 Å². The van der Waals surface area contributed by atoms with E-state index in [0.29, 0.717) is 16.5 Å². The van der Waals surface area contributed by atoms with Gasteiger partial charge in [-0.25, -0.2) is 4.90 Å². The molecule has 1 aliphatic rings. The number of nitrogens with two attached hydrogens (primary N) is 1. The molecule has 1 saturated heterocycles. The summed E-state index contributed by atoms with van der Waals surface area (Å²) in [7, 11) is 1.55. The summed E-state index contributed by atoms with van der Waals surface area (Å²) in [6, 6.07) is 13.8. The Hall–Kier alpha value is -2.84. The van der Waals surface area contributed by atoms with Crippen molar-refractivity contribution in [3.63, 3.8) is 0 Å². The number of hydrogen-bond acceptors (Lipinski definition) is 6. The number of ether oxygens (including phenoxy) is 1. The molecule has 2 aromatic carbocycles. The van der Waals surface area contributed by atoms with Crippen LogP contribution < -0.4 is 15.4 Å². The van der Waals surface area contributed by atoms with E-state index in [4.69, 9.17) is 22.1 Å². The van der Waals surface area contributed by atoms with Crippen LogP contribution in [0.2, 0.25) is 5.02 Å². The molecule has 1 atom stereocenters. The number of hydrogen-bond donors (Lipinski definition) is 1. The second kappa shape index (κ2) is 8.90. The van der Waals surface area contributed by atoms with Crippen LogP contribution in [0, 0.1) is 0 Å². The highest BCUT2D eigenvalue weighted by atomic mass is 35.5. The number of anilines is 1. The average molecular weight is 417 g/mol. The molecule has 1 heterocycles. The van der Waals surface area contributed by atoms with Gasteiger partial charge in [0.2, 0.25) is 11.8 Å². The summed E-state index contributed by atoms with van der Waals surface area (Å²) >= 11 is 6.84. The van der Waals surface area contributed by atoms with Crippen molar-refractivity contribution >= 4 is 52.2 Å². The molecule has 1 aliphatic heterocycles.